The molecule has 106 valence electrons. The zero-order valence-corrected chi connectivity index (χ0v) is 11.9. The van der Waals surface area contributed by atoms with Crippen molar-refractivity contribution in [3.05, 3.63) is 60.4 Å². The molecule has 0 atom stereocenters. The molecule has 0 bridgehead atoms. The molecule has 0 aliphatic rings. The molecule has 21 heavy (non-hydrogen) atoms. The molecule has 4 heteroatoms. The van der Waals surface area contributed by atoms with Gasteiger partial charge in [0.2, 0.25) is 0 Å². The van der Waals surface area contributed by atoms with Crippen molar-refractivity contribution in [1.29, 1.82) is 0 Å². The topological polar surface area (TPSA) is 49.2 Å². The number of likely N-dealkylation sites (N-methyl/N-ethyl adjacent to an activating group) is 1. The van der Waals surface area contributed by atoms with Gasteiger partial charge in [0.05, 0.1) is 0 Å². The van der Waals surface area contributed by atoms with Gasteiger partial charge in [0.25, 0.3) is 0 Å². The van der Waals surface area contributed by atoms with Crippen LogP contribution in [0.4, 0.5) is 5.82 Å². The van der Waals surface area contributed by atoms with E-state index in [0.29, 0.717) is 5.52 Å². The predicted octanol–water partition coefficient (Wildman–Crippen LogP) is 3.01. The predicted molar refractivity (Wildman–Crippen MR) is 84.6 cm³/mol. The van der Waals surface area contributed by atoms with E-state index in [1.54, 1.807) is 6.07 Å². The molecule has 0 unspecified atom stereocenters. The van der Waals surface area contributed by atoms with Crippen LogP contribution in [0.1, 0.15) is 5.56 Å². The number of aromatic hydroxyl groups is 1. The van der Waals surface area contributed by atoms with E-state index >= 15 is 0 Å². The van der Waals surface area contributed by atoms with Crippen LogP contribution in [0.25, 0.3) is 10.9 Å². The van der Waals surface area contributed by atoms with Crippen molar-refractivity contribution >= 4 is 16.7 Å². The van der Waals surface area contributed by atoms with E-state index in [9.17, 15) is 5.11 Å². The van der Waals surface area contributed by atoms with E-state index in [1.165, 1.54) is 5.56 Å². The molecule has 0 spiro atoms. The van der Waals surface area contributed by atoms with E-state index < -0.39 is 0 Å². The monoisotopic (exact) mass is 279 g/mol. The van der Waals surface area contributed by atoms with Gasteiger partial charge in [-0.1, -0.05) is 12.1 Å². The molecule has 0 amide bonds. The molecule has 0 aliphatic heterocycles. The SMILES string of the molecule is CN(CCc1ccncc1)c1ccc2cccc(O)c2n1. The molecule has 1 aromatic carbocycles. The van der Waals surface area contributed by atoms with E-state index in [-0.39, 0.29) is 5.75 Å². The van der Waals surface area contributed by atoms with Crippen LogP contribution in [0, 0.1) is 0 Å². The average Bonchev–Trinajstić information content (AvgIpc) is 2.54. The van der Waals surface area contributed by atoms with Gasteiger partial charge in [-0.15, -0.1) is 0 Å². The standard InChI is InChI=1S/C17H17N3O/c1-20(12-9-13-7-10-18-11-8-13)16-6-5-14-3-2-4-15(21)17(14)19-16/h2-8,10-11,21H,9,12H2,1H3. The first-order chi connectivity index (χ1) is 10.2. The first kappa shape index (κ1) is 13.4. The summed E-state index contributed by atoms with van der Waals surface area (Å²) in [6.45, 7) is 0.857. The van der Waals surface area contributed by atoms with Crippen molar-refractivity contribution in [2.75, 3.05) is 18.5 Å². The van der Waals surface area contributed by atoms with E-state index in [4.69, 9.17) is 0 Å². The maximum atomic E-state index is 9.90. The van der Waals surface area contributed by atoms with Crippen molar-refractivity contribution in [1.82, 2.24) is 9.97 Å². The number of fused-ring (bicyclic) bond motifs is 1. The number of para-hydroxylation sites is 1. The summed E-state index contributed by atoms with van der Waals surface area (Å²) in [5, 5.41) is 10.8. The van der Waals surface area contributed by atoms with Gasteiger partial charge < -0.3 is 10.0 Å². The first-order valence-electron chi connectivity index (χ1n) is 6.93. The Bertz CT molecular complexity index is 743. The van der Waals surface area contributed by atoms with Crippen molar-refractivity contribution in [3.63, 3.8) is 0 Å². The summed E-state index contributed by atoms with van der Waals surface area (Å²) >= 11 is 0. The third-order valence-corrected chi connectivity index (χ3v) is 3.56. The first-order valence-corrected chi connectivity index (χ1v) is 6.93. The second-order valence-corrected chi connectivity index (χ2v) is 5.05. The molecule has 0 saturated carbocycles. The minimum absolute atomic E-state index is 0.219. The smallest absolute Gasteiger partial charge is 0.141 e. The zero-order chi connectivity index (χ0) is 14.7. The number of rotatable bonds is 4. The highest BCUT2D eigenvalue weighted by Crippen LogP contribution is 2.24. The molecular weight excluding hydrogens is 262 g/mol. The van der Waals surface area contributed by atoms with Crippen LogP contribution >= 0.6 is 0 Å². The van der Waals surface area contributed by atoms with E-state index in [0.717, 1.165) is 24.2 Å². The van der Waals surface area contributed by atoms with Gasteiger partial charge in [-0.25, -0.2) is 4.98 Å². The van der Waals surface area contributed by atoms with Crippen molar-refractivity contribution in [2.24, 2.45) is 0 Å². The van der Waals surface area contributed by atoms with Gasteiger partial charge in [0.1, 0.15) is 17.1 Å². The minimum atomic E-state index is 0.219. The number of benzene rings is 1. The van der Waals surface area contributed by atoms with Crippen LogP contribution in [0.2, 0.25) is 0 Å². The average molecular weight is 279 g/mol. The molecule has 0 saturated heterocycles. The Hall–Kier alpha value is -2.62. The number of aromatic nitrogens is 2. The zero-order valence-electron chi connectivity index (χ0n) is 11.9. The Morgan fingerprint density at radius 2 is 1.86 bits per heavy atom. The lowest BCUT2D eigenvalue weighted by Gasteiger charge is -2.18. The molecule has 1 N–H and O–H groups in total. The lowest BCUT2D eigenvalue weighted by atomic mass is 10.2. The van der Waals surface area contributed by atoms with Crippen LogP contribution in [0.5, 0.6) is 5.75 Å². The molecule has 4 nitrogen and oxygen atoms in total. The summed E-state index contributed by atoms with van der Waals surface area (Å²) in [6, 6.07) is 13.4. The Morgan fingerprint density at radius 1 is 1.05 bits per heavy atom. The number of phenolic OH excluding ortho intramolecular Hbond substituents is 1. The van der Waals surface area contributed by atoms with Crippen LogP contribution in [-0.4, -0.2) is 28.7 Å². The Kier molecular flexibility index (Phi) is 3.69. The fraction of sp³-hybridized carbons (Fsp3) is 0.176. The molecule has 2 heterocycles. The van der Waals surface area contributed by atoms with Crippen LogP contribution in [0.3, 0.4) is 0 Å². The maximum absolute atomic E-state index is 9.90. The van der Waals surface area contributed by atoms with Gasteiger partial charge in [0, 0.05) is 31.4 Å². The quantitative estimate of drug-likeness (QED) is 0.797. The van der Waals surface area contributed by atoms with E-state index in [2.05, 4.69) is 14.9 Å². The van der Waals surface area contributed by atoms with Gasteiger partial charge in [0.15, 0.2) is 0 Å². The van der Waals surface area contributed by atoms with Crippen LogP contribution < -0.4 is 4.90 Å². The molecule has 0 aliphatic carbocycles. The maximum Gasteiger partial charge on any atom is 0.141 e. The second-order valence-electron chi connectivity index (χ2n) is 5.05. The summed E-state index contributed by atoms with van der Waals surface area (Å²) in [5.41, 5.74) is 1.89. The minimum Gasteiger partial charge on any atom is -0.506 e. The molecule has 2 aromatic heterocycles. The second kappa shape index (κ2) is 5.79. The molecule has 0 fully saturated rings. The number of anilines is 1. The number of nitrogens with zero attached hydrogens (tertiary/aromatic N) is 3. The molecule has 3 aromatic rings. The fourth-order valence-corrected chi connectivity index (χ4v) is 2.29. The largest absolute Gasteiger partial charge is 0.506 e. The van der Waals surface area contributed by atoms with Crippen LogP contribution in [-0.2, 0) is 6.42 Å². The summed E-state index contributed by atoms with van der Waals surface area (Å²) in [4.78, 5) is 10.7. The molecule has 0 radical (unpaired) electrons. The third-order valence-electron chi connectivity index (χ3n) is 3.56. The van der Waals surface area contributed by atoms with Gasteiger partial charge in [-0.3, -0.25) is 4.98 Å². The summed E-state index contributed by atoms with van der Waals surface area (Å²) in [7, 11) is 2.01. The van der Waals surface area contributed by atoms with Gasteiger partial charge in [-0.05, 0) is 42.3 Å². The number of pyridine rings is 2. The number of hydrogen-bond donors (Lipinski definition) is 1. The summed E-state index contributed by atoms with van der Waals surface area (Å²) in [6.07, 6.45) is 4.54. The Balaban J connectivity index is 1.78. The Labute approximate surface area is 123 Å². The molecular formula is C17H17N3O. The highest BCUT2D eigenvalue weighted by Gasteiger charge is 2.06. The van der Waals surface area contributed by atoms with Crippen molar-refractivity contribution < 1.29 is 5.11 Å². The number of hydrogen-bond acceptors (Lipinski definition) is 4. The Morgan fingerprint density at radius 3 is 2.67 bits per heavy atom. The van der Waals surface area contributed by atoms with Gasteiger partial charge >= 0.3 is 0 Å². The van der Waals surface area contributed by atoms with Gasteiger partial charge in [-0.2, -0.15) is 0 Å². The third kappa shape index (κ3) is 2.94. The van der Waals surface area contributed by atoms with Crippen LogP contribution in [0.15, 0.2) is 54.9 Å². The summed E-state index contributed by atoms with van der Waals surface area (Å²) < 4.78 is 0. The fourth-order valence-electron chi connectivity index (χ4n) is 2.29. The van der Waals surface area contributed by atoms with E-state index in [1.807, 2.05) is 55.8 Å². The lowest BCUT2D eigenvalue weighted by Crippen LogP contribution is -2.21. The lowest BCUT2D eigenvalue weighted by molar-refractivity contribution is 0.480. The normalized spacial score (nSPS) is 10.7. The van der Waals surface area contributed by atoms with Crippen molar-refractivity contribution in [2.45, 2.75) is 6.42 Å². The number of phenols is 1. The van der Waals surface area contributed by atoms with Crippen molar-refractivity contribution in [3.8, 4) is 5.75 Å². The highest BCUT2D eigenvalue weighted by atomic mass is 16.3. The molecule has 3 rings (SSSR count). The highest BCUT2D eigenvalue weighted by molar-refractivity contribution is 5.85. The summed E-state index contributed by atoms with van der Waals surface area (Å²) in [5.74, 6) is 1.08.